The van der Waals surface area contributed by atoms with Crippen molar-refractivity contribution in [2.24, 2.45) is 0 Å². The zero-order valence-corrected chi connectivity index (χ0v) is 14.0. The van der Waals surface area contributed by atoms with E-state index in [-0.39, 0.29) is 11.9 Å². The van der Waals surface area contributed by atoms with Crippen LogP contribution in [0.4, 0.5) is 4.39 Å². The minimum atomic E-state index is -0.169. The molecule has 1 aromatic carbocycles. The maximum Gasteiger partial charge on any atom is 0.123 e. The fourth-order valence-corrected chi connectivity index (χ4v) is 2.66. The summed E-state index contributed by atoms with van der Waals surface area (Å²) in [5.41, 5.74) is 1.16. The van der Waals surface area contributed by atoms with Crippen molar-refractivity contribution in [1.82, 2.24) is 10.2 Å². The quantitative estimate of drug-likeness (QED) is 0.644. The highest BCUT2D eigenvalue weighted by atomic mass is 19.1. The van der Waals surface area contributed by atoms with Crippen LogP contribution in [0.1, 0.15) is 58.1 Å². The van der Waals surface area contributed by atoms with E-state index in [9.17, 15) is 4.39 Å². The normalized spacial score (nSPS) is 13.1. The van der Waals surface area contributed by atoms with Crippen LogP contribution in [0.25, 0.3) is 0 Å². The molecule has 1 N–H and O–H groups in total. The molecule has 120 valence electrons. The van der Waals surface area contributed by atoms with Crippen molar-refractivity contribution < 1.29 is 4.39 Å². The van der Waals surface area contributed by atoms with Gasteiger partial charge in [-0.3, -0.25) is 0 Å². The highest BCUT2D eigenvalue weighted by Crippen LogP contribution is 2.18. The fourth-order valence-electron chi connectivity index (χ4n) is 2.66. The van der Waals surface area contributed by atoms with Crippen molar-refractivity contribution in [3.8, 4) is 0 Å². The van der Waals surface area contributed by atoms with Gasteiger partial charge in [0.25, 0.3) is 0 Å². The van der Waals surface area contributed by atoms with Crippen molar-refractivity contribution in [3.63, 3.8) is 0 Å². The van der Waals surface area contributed by atoms with Crippen LogP contribution in [-0.4, -0.2) is 31.1 Å². The maximum atomic E-state index is 13.0. The number of hydrogen-bond acceptors (Lipinski definition) is 2. The van der Waals surface area contributed by atoms with E-state index in [1.165, 1.54) is 25.8 Å². The first kappa shape index (κ1) is 18.1. The van der Waals surface area contributed by atoms with Gasteiger partial charge in [-0.1, -0.05) is 31.9 Å². The standard InChI is InChI=1S/C18H31FN2/c1-5-6-7-13-21(15(2)3)14-12-18(20-4)16-8-10-17(19)11-9-16/h8-11,15,18,20H,5-7,12-14H2,1-4H3. The lowest BCUT2D eigenvalue weighted by Gasteiger charge is -2.28. The molecule has 0 aliphatic rings. The molecule has 1 atom stereocenters. The molecule has 0 spiro atoms. The lowest BCUT2D eigenvalue weighted by molar-refractivity contribution is 0.206. The molecule has 0 aliphatic heterocycles. The Bertz CT molecular complexity index is 375. The number of rotatable bonds is 10. The maximum absolute atomic E-state index is 13.0. The number of nitrogens with one attached hydrogen (secondary N) is 1. The lowest BCUT2D eigenvalue weighted by Crippen LogP contribution is -2.34. The first-order chi connectivity index (χ1) is 10.1. The number of unbranched alkanes of at least 4 members (excludes halogenated alkanes) is 2. The predicted octanol–water partition coefficient (Wildman–Crippen LogP) is 4.38. The highest BCUT2D eigenvalue weighted by molar-refractivity contribution is 5.19. The topological polar surface area (TPSA) is 15.3 Å². The van der Waals surface area contributed by atoms with Crippen LogP contribution in [-0.2, 0) is 0 Å². The van der Waals surface area contributed by atoms with Crippen molar-refractivity contribution >= 4 is 0 Å². The van der Waals surface area contributed by atoms with Gasteiger partial charge in [-0.25, -0.2) is 4.39 Å². The molecule has 0 aromatic heterocycles. The average molecular weight is 294 g/mol. The summed E-state index contributed by atoms with van der Waals surface area (Å²) in [6, 6.07) is 7.72. The second kappa shape index (κ2) is 9.91. The van der Waals surface area contributed by atoms with Gasteiger partial charge in [-0.2, -0.15) is 0 Å². The largest absolute Gasteiger partial charge is 0.313 e. The molecule has 1 aromatic rings. The number of hydrogen-bond donors (Lipinski definition) is 1. The minimum Gasteiger partial charge on any atom is -0.313 e. The van der Waals surface area contributed by atoms with Crippen molar-refractivity contribution in [1.29, 1.82) is 0 Å². The SMILES string of the molecule is CCCCCN(CCC(NC)c1ccc(F)cc1)C(C)C. The molecule has 21 heavy (non-hydrogen) atoms. The van der Waals surface area contributed by atoms with Gasteiger partial charge in [0.15, 0.2) is 0 Å². The van der Waals surface area contributed by atoms with E-state index in [4.69, 9.17) is 0 Å². The van der Waals surface area contributed by atoms with Gasteiger partial charge >= 0.3 is 0 Å². The Kier molecular flexibility index (Phi) is 8.55. The van der Waals surface area contributed by atoms with Gasteiger partial charge in [-0.05, 0) is 58.0 Å². The third-order valence-corrected chi connectivity index (χ3v) is 4.11. The molecular formula is C18H31FN2. The predicted molar refractivity (Wildman–Crippen MR) is 89.1 cm³/mol. The first-order valence-electron chi connectivity index (χ1n) is 8.25. The number of nitrogens with zero attached hydrogens (tertiary/aromatic N) is 1. The Morgan fingerprint density at radius 1 is 1.10 bits per heavy atom. The fraction of sp³-hybridized carbons (Fsp3) is 0.667. The molecular weight excluding hydrogens is 263 g/mol. The number of halogens is 1. The van der Waals surface area contributed by atoms with Gasteiger partial charge < -0.3 is 10.2 Å². The Labute approximate surface area is 129 Å². The van der Waals surface area contributed by atoms with E-state index in [1.807, 2.05) is 19.2 Å². The monoisotopic (exact) mass is 294 g/mol. The molecule has 1 rings (SSSR count). The van der Waals surface area contributed by atoms with Crippen molar-refractivity contribution in [2.75, 3.05) is 20.1 Å². The van der Waals surface area contributed by atoms with Crippen LogP contribution in [0.3, 0.4) is 0 Å². The Balaban J connectivity index is 2.53. The molecule has 2 nitrogen and oxygen atoms in total. The first-order valence-corrected chi connectivity index (χ1v) is 8.25. The van der Waals surface area contributed by atoms with Gasteiger partial charge in [0.2, 0.25) is 0 Å². The Morgan fingerprint density at radius 3 is 2.29 bits per heavy atom. The summed E-state index contributed by atoms with van der Waals surface area (Å²) in [5.74, 6) is -0.169. The molecule has 3 heteroatoms. The Hall–Kier alpha value is -0.930. The van der Waals surface area contributed by atoms with Crippen LogP contribution in [0.5, 0.6) is 0 Å². The van der Waals surface area contributed by atoms with Crippen molar-refractivity contribution in [2.45, 2.75) is 58.5 Å². The molecule has 0 saturated heterocycles. The van der Waals surface area contributed by atoms with Crippen LogP contribution in [0, 0.1) is 5.82 Å². The van der Waals surface area contributed by atoms with E-state index in [0.29, 0.717) is 6.04 Å². The molecule has 0 bridgehead atoms. The summed E-state index contributed by atoms with van der Waals surface area (Å²) in [6.45, 7) is 9.01. The summed E-state index contributed by atoms with van der Waals surface area (Å²) in [5, 5.41) is 3.35. The van der Waals surface area contributed by atoms with Crippen LogP contribution < -0.4 is 5.32 Å². The molecule has 0 heterocycles. The second-order valence-corrected chi connectivity index (χ2v) is 6.02. The highest BCUT2D eigenvalue weighted by Gasteiger charge is 2.14. The summed E-state index contributed by atoms with van der Waals surface area (Å²) in [4.78, 5) is 2.55. The zero-order valence-electron chi connectivity index (χ0n) is 14.0. The average Bonchev–Trinajstić information content (AvgIpc) is 2.47. The van der Waals surface area contributed by atoms with E-state index >= 15 is 0 Å². The summed E-state index contributed by atoms with van der Waals surface area (Å²) in [6.07, 6.45) is 4.89. The van der Waals surface area contributed by atoms with E-state index < -0.39 is 0 Å². The molecule has 0 aliphatic carbocycles. The third kappa shape index (κ3) is 6.58. The Morgan fingerprint density at radius 2 is 1.76 bits per heavy atom. The van der Waals surface area contributed by atoms with Gasteiger partial charge in [0, 0.05) is 18.6 Å². The molecule has 0 amide bonds. The van der Waals surface area contributed by atoms with Crippen LogP contribution in [0.15, 0.2) is 24.3 Å². The van der Waals surface area contributed by atoms with E-state index in [0.717, 1.165) is 18.5 Å². The lowest BCUT2D eigenvalue weighted by atomic mass is 10.0. The van der Waals surface area contributed by atoms with Gasteiger partial charge in [0.05, 0.1) is 0 Å². The van der Waals surface area contributed by atoms with E-state index in [1.54, 1.807) is 12.1 Å². The molecule has 1 unspecified atom stereocenters. The summed E-state index contributed by atoms with van der Waals surface area (Å²) >= 11 is 0. The third-order valence-electron chi connectivity index (χ3n) is 4.11. The van der Waals surface area contributed by atoms with Gasteiger partial charge in [0.1, 0.15) is 5.82 Å². The zero-order chi connectivity index (χ0) is 15.7. The molecule has 0 saturated carbocycles. The molecule has 0 fully saturated rings. The summed E-state index contributed by atoms with van der Waals surface area (Å²) < 4.78 is 13.0. The van der Waals surface area contributed by atoms with Crippen molar-refractivity contribution in [3.05, 3.63) is 35.6 Å². The smallest absolute Gasteiger partial charge is 0.123 e. The number of benzene rings is 1. The van der Waals surface area contributed by atoms with Crippen LogP contribution in [0.2, 0.25) is 0 Å². The molecule has 0 radical (unpaired) electrons. The van der Waals surface area contributed by atoms with Gasteiger partial charge in [-0.15, -0.1) is 0 Å². The minimum absolute atomic E-state index is 0.169. The van der Waals surface area contributed by atoms with Crippen LogP contribution >= 0.6 is 0 Å². The van der Waals surface area contributed by atoms with E-state index in [2.05, 4.69) is 31.0 Å². The summed E-state index contributed by atoms with van der Waals surface area (Å²) in [7, 11) is 1.98. The second-order valence-electron chi connectivity index (χ2n) is 6.02.